The summed E-state index contributed by atoms with van der Waals surface area (Å²) in [7, 11) is 0. The van der Waals surface area contributed by atoms with E-state index >= 15 is 0 Å². The van der Waals surface area contributed by atoms with Crippen LogP contribution in [-0.4, -0.2) is 28.5 Å². The van der Waals surface area contributed by atoms with E-state index in [4.69, 9.17) is 4.74 Å². The average Bonchev–Trinajstić information content (AvgIpc) is 2.68. The Kier molecular flexibility index (Phi) is 6.47. The lowest BCUT2D eigenvalue weighted by atomic mass is 10.00. The molecule has 1 heterocycles. The van der Waals surface area contributed by atoms with Gasteiger partial charge < -0.3 is 14.5 Å². The number of rotatable bonds is 7. The monoisotopic (exact) mass is 436 g/mol. The second kappa shape index (κ2) is 9.07. The number of esters is 1. The molecule has 3 aromatic rings. The van der Waals surface area contributed by atoms with Gasteiger partial charge in [0.15, 0.2) is 0 Å². The van der Waals surface area contributed by atoms with Crippen molar-refractivity contribution in [2.45, 2.75) is 32.7 Å². The molecular formula is C21H19F3N2O5. The fraction of sp³-hybridized carbons (Fsp3) is 0.286. The molecule has 0 saturated carbocycles. The number of benzene rings is 2. The van der Waals surface area contributed by atoms with Gasteiger partial charge in [0, 0.05) is 25.5 Å². The Bertz CT molecular complexity index is 1200. The Labute approximate surface area is 174 Å². The van der Waals surface area contributed by atoms with Crippen LogP contribution in [0.4, 0.5) is 13.2 Å². The molecule has 0 radical (unpaired) electrons. The Balaban J connectivity index is 2.13. The first-order valence-electron chi connectivity index (χ1n) is 9.37. The second-order valence-corrected chi connectivity index (χ2v) is 6.76. The van der Waals surface area contributed by atoms with E-state index in [1.165, 1.54) is 13.0 Å². The van der Waals surface area contributed by atoms with Crippen LogP contribution in [0.1, 0.15) is 24.5 Å². The Morgan fingerprint density at radius 3 is 2.45 bits per heavy atom. The number of carbonyl (C=O) groups is 1. The topological polar surface area (TPSA) is 90.4 Å². The highest BCUT2D eigenvalue weighted by molar-refractivity contribution is 5.84. The van der Waals surface area contributed by atoms with E-state index in [9.17, 15) is 27.6 Å². The molecule has 0 bridgehead atoms. The number of aromatic nitrogens is 2. The van der Waals surface area contributed by atoms with E-state index in [0.29, 0.717) is 5.56 Å². The Morgan fingerprint density at radius 1 is 1.10 bits per heavy atom. The predicted molar refractivity (Wildman–Crippen MR) is 106 cm³/mol. The highest BCUT2D eigenvalue weighted by Crippen LogP contribution is 2.31. The zero-order chi connectivity index (χ0) is 22.6. The number of alkyl halides is 3. The molecule has 0 atom stereocenters. The van der Waals surface area contributed by atoms with Crippen molar-refractivity contribution in [3.8, 4) is 5.75 Å². The fourth-order valence-electron chi connectivity index (χ4n) is 3.22. The molecule has 1 aromatic heterocycles. The summed E-state index contributed by atoms with van der Waals surface area (Å²) in [5, 5.41) is -0.0716. The van der Waals surface area contributed by atoms with Gasteiger partial charge in [-0.15, -0.1) is 13.2 Å². The molecule has 0 amide bonds. The molecule has 0 saturated heterocycles. The molecule has 7 nitrogen and oxygen atoms in total. The van der Waals surface area contributed by atoms with Crippen LogP contribution in [-0.2, 0) is 22.5 Å². The summed E-state index contributed by atoms with van der Waals surface area (Å²) in [6, 6.07) is 10.9. The third-order valence-corrected chi connectivity index (χ3v) is 4.50. The number of hydrogen-bond donors (Lipinski definition) is 1. The Morgan fingerprint density at radius 2 is 1.81 bits per heavy atom. The summed E-state index contributed by atoms with van der Waals surface area (Å²) in [5.41, 5.74) is -0.688. The van der Waals surface area contributed by atoms with Gasteiger partial charge in [-0.25, -0.2) is 4.79 Å². The van der Waals surface area contributed by atoms with Crippen LogP contribution in [0.5, 0.6) is 5.75 Å². The van der Waals surface area contributed by atoms with Crippen molar-refractivity contribution >= 4 is 16.9 Å². The van der Waals surface area contributed by atoms with Gasteiger partial charge in [0.25, 0.3) is 5.56 Å². The highest BCUT2D eigenvalue weighted by atomic mass is 19.4. The van der Waals surface area contributed by atoms with Gasteiger partial charge >= 0.3 is 18.0 Å². The van der Waals surface area contributed by atoms with Gasteiger partial charge in [0.05, 0.1) is 17.5 Å². The lowest BCUT2D eigenvalue weighted by Crippen LogP contribution is -2.36. The van der Waals surface area contributed by atoms with E-state index in [-0.39, 0.29) is 42.5 Å². The quantitative estimate of drug-likeness (QED) is 0.454. The molecule has 0 fully saturated rings. The first-order valence-corrected chi connectivity index (χ1v) is 9.37. The van der Waals surface area contributed by atoms with Crippen molar-refractivity contribution in [1.29, 1.82) is 0 Å². The van der Waals surface area contributed by atoms with Crippen LogP contribution in [0, 0.1) is 0 Å². The summed E-state index contributed by atoms with van der Waals surface area (Å²) in [6.07, 6.45) is -4.79. The summed E-state index contributed by atoms with van der Waals surface area (Å²) >= 11 is 0. The van der Waals surface area contributed by atoms with Crippen molar-refractivity contribution in [3.05, 3.63) is 74.4 Å². The predicted octanol–water partition coefficient (Wildman–Crippen LogP) is 3.13. The number of halogens is 3. The second-order valence-electron chi connectivity index (χ2n) is 6.76. The van der Waals surface area contributed by atoms with Crippen LogP contribution < -0.4 is 16.0 Å². The Hall–Kier alpha value is -3.56. The van der Waals surface area contributed by atoms with E-state index in [1.807, 2.05) is 0 Å². The molecule has 1 N–H and O–H groups in total. The molecule has 2 aromatic carbocycles. The van der Waals surface area contributed by atoms with Crippen molar-refractivity contribution in [1.82, 2.24) is 9.55 Å². The number of nitrogens with one attached hydrogen (secondary N) is 1. The molecule has 0 aliphatic carbocycles. The average molecular weight is 436 g/mol. The number of hydrogen-bond acceptors (Lipinski definition) is 5. The summed E-state index contributed by atoms with van der Waals surface area (Å²) in [5.74, 6) is -1.02. The van der Waals surface area contributed by atoms with Crippen LogP contribution in [0.15, 0.2) is 52.1 Å². The van der Waals surface area contributed by atoms with E-state index in [1.54, 1.807) is 30.3 Å². The number of H-pyrrole nitrogens is 1. The zero-order valence-electron chi connectivity index (χ0n) is 16.5. The summed E-state index contributed by atoms with van der Waals surface area (Å²) in [4.78, 5) is 38.9. The maximum Gasteiger partial charge on any atom is 0.573 e. The normalized spacial score (nSPS) is 11.5. The van der Waals surface area contributed by atoms with E-state index in [0.717, 1.165) is 10.6 Å². The minimum atomic E-state index is -4.95. The molecule has 0 aliphatic heterocycles. The third-order valence-electron chi connectivity index (χ3n) is 4.50. The SMILES string of the molecule is CC(=O)OCCCn1c(=O)[nH]c2ccc(OC(F)(F)F)c(Cc3ccccc3)c2c1=O. The minimum absolute atomic E-state index is 0.00660. The number of fused-ring (bicyclic) bond motifs is 1. The molecule has 10 heteroatoms. The van der Waals surface area contributed by atoms with E-state index in [2.05, 4.69) is 9.72 Å². The van der Waals surface area contributed by atoms with Crippen molar-refractivity contribution in [2.75, 3.05) is 6.61 Å². The first-order chi connectivity index (χ1) is 14.7. The van der Waals surface area contributed by atoms with Gasteiger partial charge in [-0.2, -0.15) is 0 Å². The minimum Gasteiger partial charge on any atom is -0.466 e. The largest absolute Gasteiger partial charge is 0.573 e. The molecule has 164 valence electrons. The number of nitrogens with zero attached hydrogens (tertiary/aromatic N) is 1. The summed E-state index contributed by atoms with van der Waals surface area (Å²) < 4.78 is 48.7. The van der Waals surface area contributed by atoms with Gasteiger partial charge in [0.2, 0.25) is 0 Å². The van der Waals surface area contributed by atoms with Gasteiger partial charge in [-0.05, 0) is 24.1 Å². The van der Waals surface area contributed by atoms with Gasteiger partial charge in [0.1, 0.15) is 5.75 Å². The molecule has 3 rings (SSSR count). The zero-order valence-corrected chi connectivity index (χ0v) is 16.5. The smallest absolute Gasteiger partial charge is 0.466 e. The van der Waals surface area contributed by atoms with Gasteiger partial charge in [-0.1, -0.05) is 30.3 Å². The van der Waals surface area contributed by atoms with Crippen LogP contribution in [0.2, 0.25) is 0 Å². The number of carbonyl (C=O) groups excluding carboxylic acids is 1. The maximum atomic E-state index is 13.1. The lowest BCUT2D eigenvalue weighted by Gasteiger charge is -2.16. The van der Waals surface area contributed by atoms with Crippen molar-refractivity contribution < 1.29 is 27.4 Å². The van der Waals surface area contributed by atoms with Crippen molar-refractivity contribution in [2.24, 2.45) is 0 Å². The van der Waals surface area contributed by atoms with Crippen molar-refractivity contribution in [3.63, 3.8) is 0 Å². The maximum absolute atomic E-state index is 13.1. The van der Waals surface area contributed by atoms with E-state index < -0.39 is 29.3 Å². The highest BCUT2D eigenvalue weighted by Gasteiger charge is 2.33. The fourth-order valence-corrected chi connectivity index (χ4v) is 3.22. The molecule has 31 heavy (non-hydrogen) atoms. The number of ether oxygens (including phenoxy) is 2. The molecule has 0 aliphatic rings. The van der Waals surface area contributed by atoms with Crippen LogP contribution in [0.25, 0.3) is 10.9 Å². The molecular weight excluding hydrogens is 417 g/mol. The van der Waals surface area contributed by atoms with Gasteiger partial charge in [-0.3, -0.25) is 14.2 Å². The first kappa shape index (κ1) is 22.1. The third kappa shape index (κ3) is 5.53. The van der Waals surface area contributed by atoms with Crippen LogP contribution in [0.3, 0.4) is 0 Å². The van der Waals surface area contributed by atoms with Crippen LogP contribution >= 0.6 is 0 Å². The lowest BCUT2D eigenvalue weighted by molar-refractivity contribution is -0.274. The summed E-state index contributed by atoms with van der Waals surface area (Å²) in [6.45, 7) is 1.15. The molecule has 0 unspecified atom stereocenters. The molecule has 0 spiro atoms. The standard InChI is InChI=1S/C21H19F3N2O5/c1-13(27)30-11-5-10-26-19(28)18-15(12-14-6-3-2-4-7-14)17(31-21(22,23)24)9-8-16(18)25-20(26)29/h2-4,6-9H,5,10-12H2,1H3,(H,25,29). The number of aromatic amines is 1.